The van der Waals surface area contributed by atoms with Crippen molar-refractivity contribution >= 4 is 92.3 Å². The molecule has 62 heavy (non-hydrogen) atoms. The molecule has 0 spiro atoms. The fourth-order valence-electron chi connectivity index (χ4n) is 5.77. The number of para-hydroxylation sites is 1. The van der Waals surface area contributed by atoms with Crippen LogP contribution < -0.4 is 19.7 Å². The lowest BCUT2D eigenvalue weighted by Crippen LogP contribution is -2.35. The van der Waals surface area contributed by atoms with Gasteiger partial charge in [0.2, 0.25) is 0 Å². The Hall–Kier alpha value is -5.99. The average molecular weight is 931 g/mol. The van der Waals surface area contributed by atoms with Crippen molar-refractivity contribution in [1.29, 1.82) is 0 Å². The number of carbonyl (C=O) groups is 1. The summed E-state index contributed by atoms with van der Waals surface area (Å²) in [5.74, 6) is -2.15. The van der Waals surface area contributed by atoms with Crippen LogP contribution in [0.4, 0.5) is 34.1 Å². The standard InChI is InChI=1S/C38H38N6O14S4/c1-5-60(48,49)19-16-44(26-12-7-6-8-13-26)38(46)24-10-9-11-25(20-24)40-42-35-28-21-34(61(50,51)52)36(37(45)27(28)14-15-29(35)39-2)43-41-30-22-32(57-4)33(23-31(30)56-3)59(47)18-17-58-62(53,54)55/h5-15,20-23,39,45H,1,16-19H2,2-4H3,(H,50,51,52)(H,53,54,55)/b42-40+,43-41+. The summed E-state index contributed by atoms with van der Waals surface area (Å²) in [4.78, 5) is 14.2. The normalized spacial score (nSPS) is 12.7. The first-order chi connectivity index (χ1) is 29.3. The molecule has 0 radical (unpaired) electrons. The molecule has 4 N–H and O–H groups in total. The Bertz CT molecular complexity index is 2900. The number of rotatable bonds is 19. The van der Waals surface area contributed by atoms with Crippen LogP contribution in [-0.2, 0) is 45.7 Å². The van der Waals surface area contributed by atoms with Gasteiger partial charge in [0.15, 0.2) is 32.0 Å². The number of sulfone groups is 1. The van der Waals surface area contributed by atoms with Crippen LogP contribution in [0.15, 0.2) is 127 Å². The average Bonchev–Trinajstić information content (AvgIpc) is 3.24. The largest absolute Gasteiger partial charge is 0.611 e. The highest BCUT2D eigenvalue weighted by Gasteiger charge is 2.26. The van der Waals surface area contributed by atoms with E-state index in [1.807, 2.05) is 0 Å². The second kappa shape index (κ2) is 19.8. The Morgan fingerprint density at radius 3 is 2.18 bits per heavy atom. The number of phenolic OH excluding ortho intramolecular Hbond substituents is 1. The summed E-state index contributed by atoms with van der Waals surface area (Å²) in [5.41, 5.74) is 0.249. The minimum absolute atomic E-state index is 0.00129. The molecule has 1 amide bonds. The van der Waals surface area contributed by atoms with E-state index in [4.69, 9.17) is 14.0 Å². The molecule has 0 fully saturated rings. The van der Waals surface area contributed by atoms with E-state index in [2.05, 4.69) is 36.5 Å². The molecule has 1 atom stereocenters. The van der Waals surface area contributed by atoms with Crippen molar-refractivity contribution in [2.45, 2.75) is 9.79 Å². The molecule has 5 rings (SSSR count). The second-order valence-electron chi connectivity index (χ2n) is 12.6. The van der Waals surface area contributed by atoms with Crippen LogP contribution in [0.1, 0.15) is 10.4 Å². The smallest absolute Gasteiger partial charge is 0.397 e. The van der Waals surface area contributed by atoms with Crippen LogP contribution in [0.2, 0.25) is 0 Å². The second-order valence-corrected chi connectivity index (χ2v) is 18.7. The third kappa shape index (κ3) is 11.5. The van der Waals surface area contributed by atoms with Gasteiger partial charge in [0.05, 0.1) is 31.3 Å². The first-order valence-corrected chi connectivity index (χ1v) is 23.5. The van der Waals surface area contributed by atoms with E-state index < -0.39 is 70.4 Å². The molecule has 5 aromatic rings. The number of nitrogens with one attached hydrogen (secondary N) is 1. The number of methoxy groups -OCH3 is 2. The van der Waals surface area contributed by atoms with Crippen LogP contribution in [-0.4, -0.2) is 95.8 Å². The molecule has 0 aliphatic carbocycles. The Balaban J connectivity index is 1.54. The maximum atomic E-state index is 13.8. The van der Waals surface area contributed by atoms with Crippen LogP contribution in [0, 0.1) is 0 Å². The molecule has 0 saturated carbocycles. The van der Waals surface area contributed by atoms with E-state index in [9.17, 15) is 44.3 Å². The van der Waals surface area contributed by atoms with Crippen molar-refractivity contribution in [3.05, 3.63) is 102 Å². The number of phenols is 1. The van der Waals surface area contributed by atoms with Crippen molar-refractivity contribution in [1.82, 2.24) is 0 Å². The van der Waals surface area contributed by atoms with Gasteiger partial charge in [-0.05, 0) is 59.7 Å². The summed E-state index contributed by atoms with van der Waals surface area (Å²) in [6.45, 7) is 2.52. The zero-order valence-corrected chi connectivity index (χ0v) is 36.2. The number of benzene rings is 5. The van der Waals surface area contributed by atoms with Crippen molar-refractivity contribution in [3.63, 3.8) is 0 Å². The zero-order chi connectivity index (χ0) is 45.4. The summed E-state index contributed by atoms with van der Waals surface area (Å²) < 4.78 is 119. The predicted molar refractivity (Wildman–Crippen MR) is 230 cm³/mol. The first-order valence-electron chi connectivity index (χ1n) is 17.7. The van der Waals surface area contributed by atoms with Gasteiger partial charge >= 0.3 is 10.4 Å². The number of nitrogens with zero attached hydrogens (tertiary/aromatic N) is 5. The van der Waals surface area contributed by atoms with Gasteiger partial charge in [0, 0.05) is 53.2 Å². The number of fused-ring (bicyclic) bond motifs is 1. The molecule has 0 aliphatic rings. The van der Waals surface area contributed by atoms with Gasteiger partial charge in [-0.15, -0.1) is 15.3 Å². The summed E-state index contributed by atoms with van der Waals surface area (Å²) in [6.07, 6.45) is 0. The lowest BCUT2D eigenvalue weighted by Gasteiger charge is -2.22. The Kier molecular flexibility index (Phi) is 15.0. The van der Waals surface area contributed by atoms with Crippen LogP contribution in [0.25, 0.3) is 10.8 Å². The summed E-state index contributed by atoms with van der Waals surface area (Å²) in [7, 11) is -9.57. The summed E-state index contributed by atoms with van der Waals surface area (Å²) in [5, 5.41) is 31.8. The molecule has 0 heterocycles. The fraction of sp³-hybridized carbons (Fsp3) is 0.184. The lowest BCUT2D eigenvalue weighted by atomic mass is 10.1. The van der Waals surface area contributed by atoms with Gasteiger partial charge in [0.1, 0.15) is 34.3 Å². The molecular weight excluding hydrogens is 893 g/mol. The molecule has 0 bridgehead atoms. The van der Waals surface area contributed by atoms with Gasteiger partial charge in [-0.3, -0.25) is 13.9 Å². The van der Waals surface area contributed by atoms with Gasteiger partial charge in [-0.1, -0.05) is 30.8 Å². The third-order valence-corrected chi connectivity index (χ3v) is 12.7. The molecule has 0 saturated heterocycles. The molecule has 5 aromatic carbocycles. The molecule has 0 aromatic heterocycles. The fourth-order valence-corrected chi connectivity index (χ4v) is 8.48. The summed E-state index contributed by atoms with van der Waals surface area (Å²) in [6, 6.07) is 20.8. The minimum Gasteiger partial charge on any atom is -0.611 e. The Morgan fingerprint density at radius 2 is 1.55 bits per heavy atom. The van der Waals surface area contributed by atoms with E-state index in [1.54, 1.807) is 37.4 Å². The number of amides is 1. The molecule has 1 unspecified atom stereocenters. The third-order valence-electron chi connectivity index (χ3n) is 8.75. The quantitative estimate of drug-likeness (QED) is 0.0375. The lowest BCUT2D eigenvalue weighted by molar-refractivity contribution is 0.0988. The number of ether oxygens (including phenoxy) is 2. The minimum atomic E-state index is -5.14. The SMILES string of the molecule is C=CS(=O)(=O)CCN(C(=O)c1cccc(/N=N/c2c(NC)ccc3c(O)c(/N=N/c4cc(OC)c([S+]([O-])CCOS(=O)(=O)O)cc4OC)c(S(=O)(=O)O)cc23)c1)c1ccccc1. The topological polar surface area (TPSA) is 296 Å². The zero-order valence-electron chi connectivity index (χ0n) is 32.9. The highest BCUT2D eigenvalue weighted by atomic mass is 32.3. The van der Waals surface area contributed by atoms with Crippen molar-refractivity contribution in [3.8, 4) is 17.2 Å². The monoisotopic (exact) mass is 930 g/mol. The van der Waals surface area contributed by atoms with E-state index >= 15 is 0 Å². The molecular formula is C38H38N6O14S4. The number of anilines is 2. The van der Waals surface area contributed by atoms with Crippen molar-refractivity contribution < 1.29 is 62.5 Å². The van der Waals surface area contributed by atoms with Gasteiger partial charge in [-0.25, -0.2) is 12.6 Å². The van der Waals surface area contributed by atoms with Crippen molar-refractivity contribution in [2.24, 2.45) is 20.5 Å². The number of azo groups is 2. The molecule has 0 aliphatic heterocycles. The maximum Gasteiger partial charge on any atom is 0.397 e. The number of hydrogen-bond acceptors (Lipinski definition) is 17. The molecule has 328 valence electrons. The highest BCUT2D eigenvalue weighted by molar-refractivity contribution is 7.94. The Labute approximate surface area is 359 Å². The molecule has 20 nitrogen and oxygen atoms in total. The van der Waals surface area contributed by atoms with Crippen LogP contribution >= 0.6 is 0 Å². The van der Waals surface area contributed by atoms with E-state index in [0.717, 1.165) is 11.5 Å². The molecule has 24 heteroatoms. The van der Waals surface area contributed by atoms with Crippen LogP contribution in [0.5, 0.6) is 17.2 Å². The van der Waals surface area contributed by atoms with Gasteiger partial charge < -0.3 is 29.3 Å². The highest BCUT2D eigenvalue weighted by Crippen LogP contribution is 2.47. The number of aromatic hydroxyl groups is 1. The number of carbonyl (C=O) groups excluding carboxylic acids is 1. The summed E-state index contributed by atoms with van der Waals surface area (Å²) >= 11 is -1.95. The number of hydrogen-bond donors (Lipinski definition) is 4. The van der Waals surface area contributed by atoms with Crippen molar-refractivity contribution in [2.75, 3.05) is 56.1 Å². The van der Waals surface area contributed by atoms with E-state index in [1.165, 1.54) is 67.7 Å². The predicted octanol–water partition coefficient (Wildman–Crippen LogP) is 6.81. The maximum absolute atomic E-state index is 13.8. The van der Waals surface area contributed by atoms with Crippen LogP contribution in [0.3, 0.4) is 0 Å². The van der Waals surface area contributed by atoms with Gasteiger partial charge in [-0.2, -0.15) is 21.9 Å². The Morgan fingerprint density at radius 1 is 0.855 bits per heavy atom. The van der Waals surface area contributed by atoms with E-state index in [-0.39, 0.29) is 67.8 Å². The van der Waals surface area contributed by atoms with E-state index in [0.29, 0.717) is 11.4 Å². The van der Waals surface area contributed by atoms with Gasteiger partial charge in [0.25, 0.3) is 16.0 Å². The first kappa shape index (κ1) is 47.1.